The summed E-state index contributed by atoms with van der Waals surface area (Å²) in [5.74, 6) is -1.34. The fourth-order valence-electron chi connectivity index (χ4n) is 5.21. The van der Waals surface area contributed by atoms with Crippen LogP contribution in [-0.4, -0.2) is 66.1 Å². The third-order valence-electron chi connectivity index (χ3n) is 7.74. The zero-order valence-corrected chi connectivity index (χ0v) is 23.7. The molecule has 0 N–H and O–H groups in total. The van der Waals surface area contributed by atoms with Crippen molar-refractivity contribution in [2.24, 2.45) is 0 Å². The molecule has 2 amide bonds. The highest BCUT2D eigenvalue weighted by molar-refractivity contribution is 7.89. The Kier molecular flexibility index (Phi) is 8.51. The first-order valence-electron chi connectivity index (χ1n) is 13.8. The second-order valence-electron chi connectivity index (χ2n) is 10.8. The first kappa shape index (κ1) is 28.9. The van der Waals surface area contributed by atoms with Crippen molar-refractivity contribution in [1.29, 1.82) is 0 Å². The monoisotopic (exact) mass is 581 g/mol. The van der Waals surface area contributed by atoms with E-state index >= 15 is 0 Å². The van der Waals surface area contributed by atoms with E-state index in [2.05, 4.69) is 0 Å². The number of benzene rings is 3. The Hall–Kier alpha value is -3.63. The molecule has 3 aromatic carbocycles. The van der Waals surface area contributed by atoms with Crippen molar-refractivity contribution in [1.82, 2.24) is 14.1 Å². The summed E-state index contributed by atoms with van der Waals surface area (Å²) < 4.78 is 55.4. The minimum atomic E-state index is -3.89. The maximum absolute atomic E-state index is 13.9. The number of nitrogens with zero attached hydrogens (tertiary/aromatic N) is 3. The molecule has 0 aromatic heterocycles. The molecule has 5 rings (SSSR count). The van der Waals surface area contributed by atoms with Crippen molar-refractivity contribution in [3.05, 3.63) is 101 Å². The van der Waals surface area contributed by atoms with Gasteiger partial charge in [-0.1, -0.05) is 29.8 Å². The molecule has 1 saturated heterocycles. The number of carbonyl (C=O) groups is 2. The Labute approximate surface area is 239 Å². The molecule has 41 heavy (non-hydrogen) atoms. The summed E-state index contributed by atoms with van der Waals surface area (Å²) in [5.41, 5.74) is 2.06. The molecule has 0 unspecified atom stereocenters. The second kappa shape index (κ2) is 12.1. The minimum absolute atomic E-state index is 0.153. The van der Waals surface area contributed by atoms with Crippen LogP contribution in [0.5, 0.6) is 0 Å². The van der Waals surface area contributed by atoms with E-state index < -0.39 is 15.8 Å². The highest BCUT2D eigenvalue weighted by Crippen LogP contribution is 2.33. The molecule has 0 bridgehead atoms. The van der Waals surface area contributed by atoms with Crippen LogP contribution in [0.3, 0.4) is 0 Å². The summed E-state index contributed by atoms with van der Waals surface area (Å²) in [7, 11) is -3.89. The normalized spacial score (nSPS) is 16.1. The lowest BCUT2D eigenvalue weighted by Crippen LogP contribution is -2.51. The summed E-state index contributed by atoms with van der Waals surface area (Å²) in [4.78, 5) is 30.3. The quantitative estimate of drug-likeness (QED) is 0.365. The Morgan fingerprint density at radius 1 is 0.805 bits per heavy atom. The van der Waals surface area contributed by atoms with Crippen LogP contribution >= 0.6 is 0 Å². The van der Waals surface area contributed by atoms with Crippen LogP contribution in [0.25, 0.3) is 0 Å². The lowest BCUT2D eigenvalue weighted by atomic mass is 10.0. The maximum atomic E-state index is 13.9. The fraction of sp³-hybridized carbons (Fsp3) is 0.355. The minimum Gasteiger partial charge on any atom is -0.338 e. The molecule has 7 nitrogen and oxygen atoms in total. The van der Waals surface area contributed by atoms with Crippen LogP contribution in [0.4, 0.5) is 8.78 Å². The molecule has 1 saturated carbocycles. The van der Waals surface area contributed by atoms with Crippen LogP contribution in [0.1, 0.15) is 47.2 Å². The molecule has 1 aliphatic carbocycles. The third kappa shape index (κ3) is 6.82. The summed E-state index contributed by atoms with van der Waals surface area (Å²) in [5, 5.41) is 0. The van der Waals surface area contributed by atoms with E-state index in [0.717, 1.165) is 11.1 Å². The SMILES string of the molecule is Cc1ccc(S(=O)(=O)N(CC(=O)N(Cc2ccc(F)cc2)C2CCN(C(=O)c3ccc(F)cc3)CC2)C2CC2)cc1. The van der Waals surface area contributed by atoms with Gasteiger partial charge in [0.05, 0.1) is 11.4 Å². The van der Waals surface area contributed by atoms with E-state index in [4.69, 9.17) is 0 Å². The van der Waals surface area contributed by atoms with Gasteiger partial charge >= 0.3 is 0 Å². The van der Waals surface area contributed by atoms with Gasteiger partial charge in [-0.25, -0.2) is 17.2 Å². The highest BCUT2D eigenvalue weighted by atomic mass is 32.2. The molecule has 3 aromatic rings. The van der Waals surface area contributed by atoms with Gasteiger partial charge in [0, 0.05) is 37.3 Å². The highest BCUT2D eigenvalue weighted by Gasteiger charge is 2.41. The Morgan fingerprint density at radius 3 is 1.93 bits per heavy atom. The van der Waals surface area contributed by atoms with E-state index in [1.165, 1.54) is 40.7 Å². The van der Waals surface area contributed by atoms with Crippen LogP contribution in [0, 0.1) is 18.6 Å². The van der Waals surface area contributed by atoms with Gasteiger partial charge in [-0.2, -0.15) is 4.31 Å². The van der Waals surface area contributed by atoms with Crippen LogP contribution < -0.4 is 0 Å². The number of aryl methyl sites for hydroxylation is 1. The van der Waals surface area contributed by atoms with Crippen molar-refractivity contribution in [2.45, 2.75) is 56.1 Å². The van der Waals surface area contributed by atoms with Crippen molar-refractivity contribution < 1.29 is 26.8 Å². The van der Waals surface area contributed by atoms with Crippen LogP contribution in [0.15, 0.2) is 77.7 Å². The maximum Gasteiger partial charge on any atom is 0.253 e. The number of piperidine rings is 1. The van der Waals surface area contributed by atoms with Gasteiger partial charge in [0.15, 0.2) is 0 Å². The molecule has 2 aliphatic rings. The zero-order valence-electron chi connectivity index (χ0n) is 22.9. The predicted octanol–water partition coefficient (Wildman–Crippen LogP) is 4.76. The molecule has 1 heterocycles. The number of likely N-dealkylation sites (tertiary alicyclic amines) is 1. The molecule has 10 heteroatoms. The van der Waals surface area contributed by atoms with Crippen molar-refractivity contribution in [2.75, 3.05) is 19.6 Å². The number of hydrogen-bond donors (Lipinski definition) is 0. The van der Waals surface area contributed by atoms with E-state index in [9.17, 15) is 26.8 Å². The summed E-state index contributed by atoms with van der Waals surface area (Å²) in [6.45, 7) is 2.56. The van der Waals surface area contributed by atoms with Gasteiger partial charge in [0.2, 0.25) is 15.9 Å². The van der Waals surface area contributed by atoms with E-state index in [0.29, 0.717) is 44.3 Å². The van der Waals surface area contributed by atoms with E-state index in [-0.39, 0.29) is 47.7 Å². The zero-order chi connectivity index (χ0) is 29.1. The predicted molar refractivity (Wildman–Crippen MR) is 150 cm³/mol. The van der Waals surface area contributed by atoms with E-state index in [1.807, 2.05) is 6.92 Å². The van der Waals surface area contributed by atoms with Gasteiger partial charge in [0.1, 0.15) is 11.6 Å². The number of sulfonamides is 1. The number of rotatable bonds is 9. The summed E-state index contributed by atoms with van der Waals surface area (Å²) in [6.07, 6.45) is 2.38. The summed E-state index contributed by atoms with van der Waals surface area (Å²) >= 11 is 0. The lowest BCUT2D eigenvalue weighted by molar-refractivity contribution is -0.135. The van der Waals surface area contributed by atoms with Gasteiger partial charge in [-0.3, -0.25) is 9.59 Å². The number of carbonyl (C=O) groups excluding carboxylic acids is 2. The topological polar surface area (TPSA) is 78.0 Å². The van der Waals surface area contributed by atoms with Gasteiger partial charge < -0.3 is 9.80 Å². The van der Waals surface area contributed by atoms with Crippen LogP contribution in [0.2, 0.25) is 0 Å². The lowest BCUT2D eigenvalue weighted by Gasteiger charge is -2.39. The molecule has 2 fully saturated rings. The third-order valence-corrected chi connectivity index (χ3v) is 9.66. The molecule has 0 radical (unpaired) electrons. The second-order valence-corrected chi connectivity index (χ2v) is 12.7. The summed E-state index contributed by atoms with van der Waals surface area (Å²) in [6, 6.07) is 17.4. The van der Waals surface area contributed by atoms with E-state index in [1.54, 1.807) is 46.2 Å². The van der Waals surface area contributed by atoms with Crippen molar-refractivity contribution >= 4 is 21.8 Å². The average molecular weight is 582 g/mol. The molecule has 0 spiro atoms. The fourth-order valence-corrected chi connectivity index (χ4v) is 6.84. The Morgan fingerprint density at radius 2 is 1.37 bits per heavy atom. The van der Waals surface area contributed by atoms with Gasteiger partial charge in [-0.15, -0.1) is 0 Å². The molecule has 0 atom stereocenters. The van der Waals surface area contributed by atoms with Crippen molar-refractivity contribution in [3.63, 3.8) is 0 Å². The first-order valence-corrected chi connectivity index (χ1v) is 15.2. The average Bonchev–Trinajstić information content (AvgIpc) is 3.81. The standard InChI is InChI=1S/C31H33F2N3O4S/c1-22-2-14-29(15-3-22)41(39,40)36(28-12-13-28)21-30(37)35(20-23-4-8-25(32)9-5-23)27-16-18-34(19-17-27)31(38)24-6-10-26(33)11-7-24/h2-11,14-15,27-28H,12-13,16-21H2,1H3. The van der Waals surface area contributed by atoms with Crippen molar-refractivity contribution in [3.8, 4) is 0 Å². The Balaban J connectivity index is 1.34. The molecular formula is C31H33F2N3O4S. The smallest absolute Gasteiger partial charge is 0.253 e. The van der Waals surface area contributed by atoms with Crippen LogP contribution in [-0.2, 0) is 21.4 Å². The molecule has 1 aliphatic heterocycles. The first-order chi connectivity index (χ1) is 19.6. The molecular weight excluding hydrogens is 548 g/mol. The van der Waals surface area contributed by atoms with Gasteiger partial charge in [-0.05, 0) is 86.7 Å². The largest absolute Gasteiger partial charge is 0.338 e. The van der Waals surface area contributed by atoms with Gasteiger partial charge in [0.25, 0.3) is 5.91 Å². The Bertz CT molecular complexity index is 1480. The molecule has 216 valence electrons. The number of amides is 2. The number of hydrogen-bond acceptors (Lipinski definition) is 4. The number of halogens is 2.